The van der Waals surface area contributed by atoms with Gasteiger partial charge in [0.25, 0.3) is 5.56 Å². The monoisotopic (exact) mass is 289 g/mol. The molecular formula is C14H9ClFN3O. The fourth-order valence-corrected chi connectivity index (χ4v) is 2.20. The molecule has 0 fully saturated rings. The first-order valence-corrected chi connectivity index (χ1v) is 6.25. The maximum Gasteiger partial charge on any atom is 0.257 e. The van der Waals surface area contributed by atoms with E-state index < -0.39 is 0 Å². The van der Waals surface area contributed by atoms with Gasteiger partial charge >= 0.3 is 0 Å². The van der Waals surface area contributed by atoms with Crippen molar-refractivity contribution in [2.45, 2.75) is 6.92 Å². The van der Waals surface area contributed by atoms with Crippen LogP contribution in [0.1, 0.15) is 5.56 Å². The Balaban J connectivity index is 2.42. The number of halogens is 2. The lowest BCUT2D eigenvalue weighted by Gasteiger charge is -2.10. The number of hydrogen-bond donors (Lipinski definition) is 0. The zero-order valence-corrected chi connectivity index (χ0v) is 11.2. The number of fused-ring (bicyclic) bond motifs is 1. The zero-order chi connectivity index (χ0) is 14.3. The molecule has 0 aliphatic rings. The van der Waals surface area contributed by atoms with Gasteiger partial charge in [-0.1, -0.05) is 0 Å². The summed E-state index contributed by atoms with van der Waals surface area (Å²) >= 11 is 5.81. The zero-order valence-electron chi connectivity index (χ0n) is 10.5. The van der Waals surface area contributed by atoms with Crippen molar-refractivity contribution in [2.75, 3.05) is 0 Å². The molecule has 3 rings (SSSR count). The molecular weight excluding hydrogens is 281 g/mol. The van der Waals surface area contributed by atoms with Crippen LogP contribution in [-0.4, -0.2) is 14.5 Å². The molecule has 0 spiro atoms. The van der Waals surface area contributed by atoms with Crippen LogP contribution in [-0.2, 0) is 0 Å². The third-order valence-corrected chi connectivity index (χ3v) is 3.20. The van der Waals surface area contributed by atoms with E-state index in [-0.39, 0.29) is 16.7 Å². The molecule has 0 unspecified atom stereocenters. The van der Waals surface area contributed by atoms with Crippen molar-refractivity contribution in [3.05, 3.63) is 63.5 Å². The van der Waals surface area contributed by atoms with Crippen molar-refractivity contribution >= 4 is 22.6 Å². The minimum atomic E-state index is -0.370. The summed E-state index contributed by atoms with van der Waals surface area (Å²) in [6, 6.07) is 7.10. The van der Waals surface area contributed by atoms with E-state index in [1.807, 2.05) is 0 Å². The lowest BCUT2D eigenvalue weighted by Crippen LogP contribution is -2.19. The minimum Gasteiger partial charge on any atom is -0.269 e. The maximum atomic E-state index is 13.0. The molecule has 0 radical (unpaired) electrons. The number of rotatable bonds is 1. The Kier molecular flexibility index (Phi) is 2.99. The van der Waals surface area contributed by atoms with Gasteiger partial charge in [-0.3, -0.25) is 9.36 Å². The molecule has 0 N–H and O–H groups in total. The van der Waals surface area contributed by atoms with Gasteiger partial charge in [0.1, 0.15) is 5.82 Å². The molecule has 0 atom stereocenters. The summed E-state index contributed by atoms with van der Waals surface area (Å²) in [6.07, 6.45) is 1.57. The predicted molar refractivity (Wildman–Crippen MR) is 74.8 cm³/mol. The van der Waals surface area contributed by atoms with Gasteiger partial charge in [0.2, 0.25) is 5.28 Å². The highest BCUT2D eigenvalue weighted by Crippen LogP contribution is 2.18. The van der Waals surface area contributed by atoms with Crippen LogP contribution in [0.5, 0.6) is 0 Å². The Morgan fingerprint density at radius 2 is 1.95 bits per heavy atom. The van der Waals surface area contributed by atoms with Crippen LogP contribution in [0.3, 0.4) is 0 Å². The first-order chi connectivity index (χ1) is 9.56. The SMILES string of the molecule is Cc1cc(=O)n(-c2ccc(F)cc2)c2nc(Cl)ncc12. The standard InChI is InChI=1S/C14H9ClFN3O/c1-8-6-12(20)19(10-4-2-9(16)3-5-10)13-11(8)7-17-14(15)18-13/h2-7H,1H3. The van der Waals surface area contributed by atoms with Gasteiger partial charge in [-0.05, 0) is 48.4 Å². The van der Waals surface area contributed by atoms with Gasteiger partial charge in [-0.15, -0.1) is 0 Å². The molecule has 100 valence electrons. The molecule has 0 saturated carbocycles. The van der Waals surface area contributed by atoms with Crippen LogP contribution in [0.2, 0.25) is 5.28 Å². The van der Waals surface area contributed by atoms with E-state index in [9.17, 15) is 9.18 Å². The quantitative estimate of drug-likeness (QED) is 0.647. The van der Waals surface area contributed by atoms with Crippen LogP contribution in [0, 0.1) is 12.7 Å². The predicted octanol–water partition coefficient (Wildman–Crippen LogP) is 2.88. The van der Waals surface area contributed by atoms with Gasteiger partial charge in [0, 0.05) is 17.6 Å². The highest BCUT2D eigenvalue weighted by molar-refractivity contribution is 6.28. The summed E-state index contributed by atoms with van der Waals surface area (Å²) in [6.45, 7) is 1.80. The van der Waals surface area contributed by atoms with E-state index in [1.165, 1.54) is 34.9 Å². The van der Waals surface area contributed by atoms with E-state index in [1.54, 1.807) is 13.1 Å². The summed E-state index contributed by atoms with van der Waals surface area (Å²) in [5.41, 5.74) is 1.44. The van der Waals surface area contributed by atoms with E-state index in [0.717, 1.165) is 10.9 Å². The fourth-order valence-electron chi connectivity index (χ4n) is 2.07. The average Bonchev–Trinajstić information content (AvgIpc) is 2.40. The smallest absolute Gasteiger partial charge is 0.257 e. The average molecular weight is 290 g/mol. The van der Waals surface area contributed by atoms with E-state index in [4.69, 9.17) is 11.6 Å². The lowest BCUT2D eigenvalue weighted by atomic mass is 10.2. The number of pyridine rings is 1. The van der Waals surface area contributed by atoms with E-state index in [0.29, 0.717) is 11.3 Å². The van der Waals surface area contributed by atoms with Crippen LogP contribution >= 0.6 is 11.6 Å². The number of hydrogen-bond acceptors (Lipinski definition) is 3. The molecule has 0 saturated heterocycles. The molecule has 0 aliphatic carbocycles. The first-order valence-electron chi connectivity index (χ1n) is 5.87. The van der Waals surface area contributed by atoms with Crippen molar-refractivity contribution in [3.63, 3.8) is 0 Å². The first kappa shape index (κ1) is 12.7. The molecule has 3 aromatic rings. The Labute approximate surface area is 118 Å². The van der Waals surface area contributed by atoms with Crippen LogP contribution in [0.15, 0.2) is 41.3 Å². The third-order valence-electron chi connectivity index (χ3n) is 3.02. The van der Waals surface area contributed by atoms with Crippen LogP contribution in [0.25, 0.3) is 16.7 Å². The molecule has 6 heteroatoms. The lowest BCUT2D eigenvalue weighted by molar-refractivity contribution is 0.627. The van der Waals surface area contributed by atoms with Crippen molar-refractivity contribution in [2.24, 2.45) is 0 Å². The molecule has 4 nitrogen and oxygen atoms in total. The van der Waals surface area contributed by atoms with Gasteiger partial charge in [0.15, 0.2) is 5.65 Å². The normalized spacial score (nSPS) is 10.9. The Hall–Kier alpha value is -2.27. The second kappa shape index (κ2) is 4.68. The molecule has 0 bridgehead atoms. The van der Waals surface area contributed by atoms with Crippen molar-refractivity contribution in [1.29, 1.82) is 0 Å². The largest absolute Gasteiger partial charge is 0.269 e. The summed E-state index contributed by atoms with van der Waals surface area (Å²) in [5.74, 6) is -0.370. The third kappa shape index (κ3) is 2.06. The highest BCUT2D eigenvalue weighted by Gasteiger charge is 2.11. The number of benzene rings is 1. The fraction of sp³-hybridized carbons (Fsp3) is 0.0714. The van der Waals surface area contributed by atoms with Crippen molar-refractivity contribution in [3.8, 4) is 5.69 Å². The summed E-state index contributed by atoms with van der Waals surface area (Å²) in [7, 11) is 0. The maximum absolute atomic E-state index is 13.0. The van der Waals surface area contributed by atoms with Crippen molar-refractivity contribution in [1.82, 2.24) is 14.5 Å². The van der Waals surface area contributed by atoms with Gasteiger partial charge < -0.3 is 0 Å². The van der Waals surface area contributed by atoms with Crippen LogP contribution in [0.4, 0.5) is 4.39 Å². The van der Waals surface area contributed by atoms with Crippen LogP contribution < -0.4 is 5.56 Å². The second-order valence-electron chi connectivity index (χ2n) is 4.35. The number of aryl methyl sites for hydroxylation is 1. The van der Waals surface area contributed by atoms with E-state index in [2.05, 4.69) is 9.97 Å². The second-order valence-corrected chi connectivity index (χ2v) is 4.69. The molecule has 2 aromatic heterocycles. The topological polar surface area (TPSA) is 47.8 Å². The summed E-state index contributed by atoms with van der Waals surface area (Å²) < 4.78 is 14.4. The Morgan fingerprint density at radius 3 is 2.65 bits per heavy atom. The Bertz CT molecular complexity index is 859. The van der Waals surface area contributed by atoms with E-state index >= 15 is 0 Å². The molecule has 20 heavy (non-hydrogen) atoms. The molecule has 2 heterocycles. The number of aromatic nitrogens is 3. The summed E-state index contributed by atoms with van der Waals surface area (Å²) in [5, 5.41) is 0.775. The highest BCUT2D eigenvalue weighted by atomic mass is 35.5. The van der Waals surface area contributed by atoms with Gasteiger partial charge in [-0.25, -0.2) is 9.37 Å². The van der Waals surface area contributed by atoms with Gasteiger partial charge in [0.05, 0.1) is 5.69 Å². The molecule has 0 amide bonds. The Morgan fingerprint density at radius 1 is 1.25 bits per heavy atom. The van der Waals surface area contributed by atoms with Crippen molar-refractivity contribution < 1.29 is 4.39 Å². The molecule has 0 aliphatic heterocycles. The number of nitrogens with zero attached hydrogens (tertiary/aromatic N) is 3. The molecule has 1 aromatic carbocycles. The minimum absolute atomic E-state index is 0.0540. The van der Waals surface area contributed by atoms with Gasteiger partial charge in [-0.2, -0.15) is 4.98 Å². The summed E-state index contributed by atoms with van der Waals surface area (Å²) in [4.78, 5) is 20.3.